The largest absolute Gasteiger partial charge is 0.491 e. The van der Waals surface area contributed by atoms with Crippen LogP contribution in [0.25, 0.3) is 11.1 Å². The molecule has 21 heavy (non-hydrogen) atoms. The molecule has 0 amide bonds. The minimum atomic E-state index is -0.944. The third-order valence-corrected chi connectivity index (χ3v) is 3.13. The van der Waals surface area contributed by atoms with Crippen molar-refractivity contribution in [2.45, 2.75) is 6.92 Å². The zero-order chi connectivity index (χ0) is 15.2. The summed E-state index contributed by atoms with van der Waals surface area (Å²) in [6.07, 6.45) is 0. The van der Waals surface area contributed by atoms with Gasteiger partial charge in [0.15, 0.2) is 0 Å². The molecule has 0 aromatic heterocycles. The van der Waals surface area contributed by atoms with E-state index in [0.717, 1.165) is 11.1 Å². The van der Waals surface area contributed by atoms with Crippen molar-refractivity contribution in [1.29, 1.82) is 0 Å². The normalized spacial score (nSPS) is 10.4. The van der Waals surface area contributed by atoms with Crippen LogP contribution in [0.15, 0.2) is 42.5 Å². The van der Waals surface area contributed by atoms with Gasteiger partial charge in [0, 0.05) is 12.7 Å². The standard InChI is InChI=1S/C17H18O4/c1-12-7-8-13(15(11-12)17(18)19)14-5-3-4-6-16(14)21-10-9-20-2/h3-8,11H,9-10H2,1-2H3,(H,18,19). The van der Waals surface area contributed by atoms with Crippen LogP contribution in [0, 0.1) is 6.92 Å². The van der Waals surface area contributed by atoms with E-state index in [-0.39, 0.29) is 5.56 Å². The third-order valence-electron chi connectivity index (χ3n) is 3.13. The van der Waals surface area contributed by atoms with Gasteiger partial charge in [0.1, 0.15) is 12.4 Å². The van der Waals surface area contributed by atoms with Gasteiger partial charge in [-0.25, -0.2) is 4.79 Å². The monoisotopic (exact) mass is 286 g/mol. The van der Waals surface area contributed by atoms with Crippen LogP contribution < -0.4 is 4.74 Å². The van der Waals surface area contributed by atoms with E-state index in [1.54, 1.807) is 13.2 Å². The van der Waals surface area contributed by atoms with Crippen LogP contribution >= 0.6 is 0 Å². The Hall–Kier alpha value is -2.33. The Morgan fingerprint density at radius 3 is 2.57 bits per heavy atom. The fourth-order valence-electron chi connectivity index (χ4n) is 2.12. The molecule has 4 heteroatoms. The van der Waals surface area contributed by atoms with Gasteiger partial charge in [0.25, 0.3) is 0 Å². The van der Waals surface area contributed by atoms with E-state index in [9.17, 15) is 9.90 Å². The number of carboxylic acid groups (broad SMARTS) is 1. The first-order valence-corrected chi connectivity index (χ1v) is 6.68. The summed E-state index contributed by atoms with van der Waals surface area (Å²) in [5.41, 5.74) is 2.61. The van der Waals surface area contributed by atoms with Crippen LogP contribution in [0.2, 0.25) is 0 Å². The molecular formula is C17H18O4. The van der Waals surface area contributed by atoms with Crippen molar-refractivity contribution >= 4 is 5.97 Å². The number of carbonyl (C=O) groups is 1. The molecule has 0 spiro atoms. The second-order valence-corrected chi connectivity index (χ2v) is 4.69. The minimum Gasteiger partial charge on any atom is -0.491 e. The highest BCUT2D eigenvalue weighted by atomic mass is 16.5. The molecule has 2 aromatic rings. The fourth-order valence-corrected chi connectivity index (χ4v) is 2.12. The predicted molar refractivity (Wildman–Crippen MR) is 80.9 cm³/mol. The maximum Gasteiger partial charge on any atom is 0.336 e. The Kier molecular flexibility index (Phi) is 4.95. The summed E-state index contributed by atoms with van der Waals surface area (Å²) in [5.74, 6) is -0.290. The van der Waals surface area contributed by atoms with Crippen molar-refractivity contribution in [3.63, 3.8) is 0 Å². The molecule has 0 heterocycles. The molecule has 0 radical (unpaired) electrons. The lowest BCUT2D eigenvalue weighted by atomic mass is 9.97. The average Bonchev–Trinajstić information content (AvgIpc) is 2.48. The topological polar surface area (TPSA) is 55.8 Å². The zero-order valence-corrected chi connectivity index (χ0v) is 12.1. The van der Waals surface area contributed by atoms with Gasteiger partial charge in [-0.15, -0.1) is 0 Å². The number of benzene rings is 2. The van der Waals surface area contributed by atoms with Crippen LogP contribution in [0.5, 0.6) is 5.75 Å². The first-order chi connectivity index (χ1) is 10.1. The molecule has 0 saturated carbocycles. The number of para-hydroxylation sites is 1. The Morgan fingerprint density at radius 1 is 1.10 bits per heavy atom. The summed E-state index contributed by atoms with van der Waals surface area (Å²) < 4.78 is 10.6. The SMILES string of the molecule is COCCOc1ccccc1-c1ccc(C)cc1C(=O)O. The quantitative estimate of drug-likeness (QED) is 0.827. The van der Waals surface area contributed by atoms with E-state index in [1.165, 1.54) is 0 Å². The molecule has 2 rings (SSSR count). The van der Waals surface area contributed by atoms with Crippen LogP contribution in [0.3, 0.4) is 0 Å². The zero-order valence-electron chi connectivity index (χ0n) is 12.1. The second kappa shape index (κ2) is 6.90. The van der Waals surface area contributed by atoms with Crippen molar-refractivity contribution in [3.8, 4) is 16.9 Å². The van der Waals surface area contributed by atoms with Crippen LogP contribution in [-0.4, -0.2) is 31.4 Å². The molecule has 4 nitrogen and oxygen atoms in total. The molecule has 2 aromatic carbocycles. The maximum absolute atomic E-state index is 11.5. The van der Waals surface area contributed by atoms with Gasteiger partial charge in [-0.2, -0.15) is 0 Å². The van der Waals surface area contributed by atoms with Crippen molar-refractivity contribution in [3.05, 3.63) is 53.6 Å². The molecule has 0 aliphatic rings. The van der Waals surface area contributed by atoms with Crippen molar-refractivity contribution in [2.75, 3.05) is 20.3 Å². The molecule has 0 aliphatic heterocycles. The van der Waals surface area contributed by atoms with Crippen molar-refractivity contribution in [2.24, 2.45) is 0 Å². The fraction of sp³-hybridized carbons (Fsp3) is 0.235. The van der Waals surface area contributed by atoms with E-state index in [1.807, 2.05) is 43.3 Å². The first-order valence-electron chi connectivity index (χ1n) is 6.68. The van der Waals surface area contributed by atoms with Crippen LogP contribution in [0.4, 0.5) is 0 Å². The number of rotatable bonds is 6. The molecule has 0 atom stereocenters. The first kappa shape index (κ1) is 15.1. The Bertz CT molecular complexity index is 634. The lowest BCUT2D eigenvalue weighted by Crippen LogP contribution is -2.06. The van der Waals surface area contributed by atoms with Gasteiger partial charge < -0.3 is 14.6 Å². The summed E-state index contributed by atoms with van der Waals surface area (Å²) in [5, 5.41) is 9.40. The molecule has 0 bridgehead atoms. The minimum absolute atomic E-state index is 0.276. The highest BCUT2D eigenvalue weighted by Crippen LogP contribution is 2.32. The third kappa shape index (κ3) is 3.61. The molecule has 0 aliphatic carbocycles. The number of methoxy groups -OCH3 is 1. The smallest absolute Gasteiger partial charge is 0.336 e. The van der Waals surface area contributed by atoms with Crippen molar-refractivity contribution < 1.29 is 19.4 Å². The lowest BCUT2D eigenvalue weighted by molar-refractivity contribution is 0.0697. The summed E-state index contributed by atoms with van der Waals surface area (Å²) >= 11 is 0. The molecule has 0 fully saturated rings. The van der Waals surface area contributed by atoms with Gasteiger partial charge in [0.05, 0.1) is 12.2 Å². The second-order valence-electron chi connectivity index (χ2n) is 4.69. The van der Waals surface area contributed by atoms with Gasteiger partial charge in [-0.3, -0.25) is 0 Å². The van der Waals surface area contributed by atoms with Gasteiger partial charge in [0.2, 0.25) is 0 Å². The van der Waals surface area contributed by atoms with E-state index >= 15 is 0 Å². The van der Waals surface area contributed by atoms with Gasteiger partial charge in [-0.05, 0) is 24.6 Å². The van der Waals surface area contributed by atoms with Gasteiger partial charge in [-0.1, -0.05) is 35.9 Å². The van der Waals surface area contributed by atoms with E-state index in [4.69, 9.17) is 9.47 Å². The predicted octanol–water partition coefficient (Wildman–Crippen LogP) is 3.39. The Labute approximate surface area is 123 Å². The van der Waals surface area contributed by atoms with E-state index in [0.29, 0.717) is 24.5 Å². The number of hydrogen-bond donors (Lipinski definition) is 1. The van der Waals surface area contributed by atoms with E-state index < -0.39 is 5.97 Å². The summed E-state index contributed by atoms with van der Waals surface area (Å²) in [4.78, 5) is 11.5. The lowest BCUT2D eigenvalue weighted by Gasteiger charge is -2.13. The number of aromatic carboxylic acids is 1. The van der Waals surface area contributed by atoms with Crippen molar-refractivity contribution in [1.82, 2.24) is 0 Å². The number of carboxylic acids is 1. The molecule has 0 unspecified atom stereocenters. The Balaban J connectivity index is 2.44. The average molecular weight is 286 g/mol. The van der Waals surface area contributed by atoms with Crippen LogP contribution in [0.1, 0.15) is 15.9 Å². The molecule has 1 N–H and O–H groups in total. The number of ether oxygens (including phenoxy) is 2. The highest BCUT2D eigenvalue weighted by molar-refractivity contribution is 5.97. The number of hydrogen-bond acceptors (Lipinski definition) is 3. The maximum atomic E-state index is 11.5. The van der Waals surface area contributed by atoms with Crippen LogP contribution in [-0.2, 0) is 4.74 Å². The molecule has 110 valence electrons. The Morgan fingerprint density at radius 2 is 1.86 bits per heavy atom. The van der Waals surface area contributed by atoms with E-state index in [2.05, 4.69) is 0 Å². The summed E-state index contributed by atoms with van der Waals surface area (Å²) in [7, 11) is 1.61. The summed E-state index contributed by atoms with van der Waals surface area (Å²) in [6.45, 7) is 2.77. The molecule has 0 saturated heterocycles. The highest BCUT2D eigenvalue weighted by Gasteiger charge is 2.15. The summed E-state index contributed by atoms with van der Waals surface area (Å²) in [6, 6.07) is 12.8. The molecular weight excluding hydrogens is 268 g/mol. The number of aryl methyl sites for hydroxylation is 1. The van der Waals surface area contributed by atoms with Gasteiger partial charge >= 0.3 is 5.97 Å².